The molecular formula is C72H52Cl6N6O6. The number of allylic oxidation sites excluding steroid dienone is 4. The van der Waals surface area contributed by atoms with Crippen molar-refractivity contribution < 1.29 is 28.4 Å². The molecule has 3 aliphatic rings. The molecule has 4 aromatic heterocycles. The first-order valence-corrected chi connectivity index (χ1v) is 30.4. The van der Waals surface area contributed by atoms with Crippen molar-refractivity contribution in [3.8, 4) is 34.5 Å². The zero-order valence-corrected chi connectivity index (χ0v) is 53.5. The maximum Gasteiger partial charge on any atom is 0.130 e. The molecule has 18 heteroatoms. The van der Waals surface area contributed by atoms with E-state index in [0.29, 0.717) is 198 Å². The number of ether oxygens (including phenoxy) is 6. The topological polar surface area (TPSA) is 143 Å². The fraction of sp³-hybridized carbons (Fsp3) is 0.0833. The van der Waals surface area contributed by atoms with Crippen molar-refractivity contribution in [2.75, 3.05) is 42.7 Å². The Bertz CT molecular complexity index is 4950. The molecule has 13 rings (SSSR count). The number of fused-ring (bicyclic) bond motifs is 10. The van der Waals surface area contributed by atoms with Crippen LogP contribution in [0.25, 0.3) is 33.4 Å². The highest BCUT2D eigenvalue weighted by Crippen LogP contribution is 2.46. The van der Waals surface area contributed by atoms with Gasteiger partial charge >= 0.3 is 0 Å². The van der Waals surface area contributed by atoms with Crippen molar-refractivity contribution in [2.45, 2.75) is 0 Å². The van der Waals surface area contributed by atoms with Crippen LogP contribution in [0.2, 0.25) is 30.1 Å². The Morgan fingerprint density at radius 2 is 0.500 bits per heavy atom. The minimum Gasteiger partial charge on any atom is -0.496 e. The molecule has 0 amide bonds. The number of halogens is 6. The van der Waals surface area contributed by atoms with Crippen molar-refractivity contribution in [1.82, 2.24) is 19.9 Å². The minimum absolute atomic E-state index is 0.395. The molecule has 7 heterocycles. The molecule has 0 unspecified atom stereocenters. The number of aliphatic imine (C=N–C) groups is 2. The van der Waals surface area contributed by atoms with Crippen LogP contribution in [0.3, 0.4) is 0 Å². The molecule has 448 valence electrons. The Balaban J connectivity index is 1.23. The number of aromatic amines is 4. The second-order valence-corrected chi connectivity index (χ2v) is 23.2. The van der Waals surface area contributed by atoms with E-state index >= 15 is 0 Å². The molecule has 3 aliphatic heterocycles. The van der Waals surface area contributed by atoms with Crippen LogP contribution in [0.4, 0.5) is 0 Å². The average Bonchev–Trinajstić information content (AvgIpc) is 1.69. The van der Waals surface area contributed by atoms with Crippen LogP contribution in [-0.2, 0) is 0 Å². The summed E-state index contributed by atoms with van der Waals surface area (Å²) in [6.45, 7) is 0. The largest absolute Gasteiger partial charge is 0.496 e. The van der Waals surface area contributed by atoms with Gasteiger partial charge in [0, 0.05) is 94.3 Å². The lowest BCUT2D eigenvalue weighted by Crippen LogP contribution is -2.20. The average molecular weight is 1310 g/mol. The number of rotatable bonds is 12. The Morgan fingerprint density at radius 3 is 0.844 bits per heavy atom. The highest BCUT2D eigenvalue weighted by molar-refractivity contribution is 6.43. The van der Waals surface area contributed by atoms with Crippen LogP contribution >= 0.6 is 69.6 Å². The third-order valence-corrected chi connectivity index (χ3v) is 17.8. The molecule has 0 saturated heterocycles. The maximum atomic E-state index is 7.29. The molecule has 0 saturated carbocycles. The predicted molar refractivity (Wildman–Crippen MR) is 363 cm³/mol. The predicted octanol–water partition coefficient (Wildman–Crippen LogP) is 15.1. The monoisotopic (exact) mass is 1310 g/mol. The number of aromatic nitrogens is 4. The summed E-state index contributed by atoms with van der Waals surface area (Å²) in [7, 11) is 9.72. The molecule has 12 bridgehead atoms. The molecule has 0 radical (unpaired) electrons. The smallest absolute Gasteiger partial charge is 0.130 e. The summed E-state index contributed by atoms with van der Waals surface area (Å²) in [5, 5.41) is 4.95. The van der Waals surface area contributed by atoms with E-state index in [1.807, 2.05) is 146 Å². The van der Waals surface area contributed by atoms with E-state index in [0.717, 1.165) is 0 Å². The second-order valence-electron chi connectivity index (χ2n) is 20.7. The van der Waals surface area contributed by atoms with E-state index in [9.17, 15) is 0 Å². The van der Waals surface area contributed by atoms with Gasteiger partial charge < -0.3 is 48.4 Å². The molecule has 0 spiro atoms. The molecule has 4 N–H and O–H groups in total. The summed E-state index contributed by atoms with van der Waals surface area (Å²) >= 11 is 43.7. The number of hydrogen-bond acceptors (Lipinski definition) is 8. The maximum absolute atomic E-state index is 7.29. The molecule has 12 nitrogen and oxygen atoms in total. The van der Waals surface area contributed by atoms with Crippen molar-refractivity contribution >= 4 is 114 Å². The van der Waals surface area contributed by atoms with E-state index in [4.69, 9.17) is 108 Å². The fourth-order valence-corrected chi connectivity index (χ4v) is 13.7. The SMILES string of the molecule is COc1cccc(OC)c1C1=C2C=CC(=N2)C(c2c(Cl)cccc2Cl)=c2ccc([nH]2)=C(c2c(OC)cccc2OC)c2ccc([nH]2)C(c2c(Cl)cccc2Cl)=C2C=CC(=N2)C(c2c(OC)cccc2OC)=c2ccc([nH]2)=C(c2c(Cl)cccc2Cl)c2ccc1[nH]2. The summed E-state index contributed by atoms with van der Waals surface area (Å²) in [6, 6.07) is 49.0. The minimum atomic E-state index is 0.395. The van der Waals surface area contributed by atoms with Crippen LogP contribution in [0.15, 0.2) is 203 Å². The Hall–Kier alpha value is -9.24. The van der Waals surface area contributed by atoms with Gasteiger partial charge in [0.15, 0.2) is 0 Å². The first-order chi connectivity index (χ1) is 43.9. The first-order valence-electron chi connectivity index (χ1n) is 28.1. The van der Waals surface area contributed by atoms with E-state index in [2.05, 4.69) is 19.9 Å². The van der Waals surface area contributed by atoms with Gasteiger partial charge in [0.05, 0.1) is 112 Å². The quantitative estimate of drug-likeness (QED) is 0.0959. The van der Waals surface area contributed by atoms with Gasteiger partial charge in [-0.25, -0.2) is 9.98 Å². The van der Waals surface area contributed by atoms with Crippen molar-refractivity contribution in [1.29, 1.82) is 0 Å². The van der Waals surface area contributed by atoms with Gasteiger partial charge in [0.1, 0.15) is 34.5 Å². The number of nitrogens with zero attached hydrogens (tertiary/aromatic N) is 2. The molecule has 10 aromatic rings. The summed E-state index contributed by atoms with van der Waals surface area (Å²) < 4.78 is 37.0. The number of benzene rings is 6. The van der Waals surface area contributed by atoms with E-state index in [1.165, 1.54) is 0 Å². The van der Waals surface area contributed by atoms with Crippen molar-refractivity contribution in [2.24, 2.45) is 9.98 Å². The number of nitrogens with one attached hydrogen (secondary N) is 4. The third kappa shape index (κ3) is 10.5. The van der Waals surface area contributed by atoms with Crippen molar-refractivity contribution in [3.63, 3.8) is 0 Å². The van der Waals surface area contributed by atoms with E-state index < -0.39 is 0 Å². The summed E-state index contributed by atoms with van der Waals surface area (Å²) in [6.07, 6.45) is 7.78. The van der Waals surface area contributed by atoms with Crippen LogP contribution in [0.1, 0.15) is 56.2 Å². The van der Waals surface area contributed by atoms with Gasteiger partial charge in [-0.05, 0) is 146 Å². The number of hydrogen-bond donors (Lipinski definition) is 4. The highest BCUT2D eigenvalue weighted by atomic mass is 35.5. The Kier molecular flexibility index (Phi) is 16.6. The second kappa shape index (κ2) is 25.0. The summed E-state index contributed by atoms with van der Waals surface area (Å²) in [5.41, 5.74) is 12.0. The number of H-pyrrole nitrogens is 4. The van der Waals surface area contributed by atoms with Gasteiger partial charge in [-0.3, -0.25) is 0 Å². The normalized spacial score (nSPS) is 13.9. The van der Waals surface area contributed by atoms with E-state index in [-0.39, 0.29) is 0 Å². The van der Waals surface area contributed by atoms with Gasteiger partial charge in [0.25, 0.3) is 0 Å². The van der Waals surface area contributed by atoms with Crippen LogP contribution in [-0.4, -0.2) is 74.0 Å². The lowest BCUT2D eigenvalue weighted by Gasteiger charge is -2.17. The molecule has 90 heavy (non-hydrogen) atoms. The zero-order chi connectivity index (χ0) is 62.5. The van der Waals surface area contributed by atoms with Gasteiger partial charge in [-0.2, -0.15) is 0 Å². The molecule has 0 aliphatic carbocycles. The van der Waals surface area contributed by atoms with E-state index in [1.54, 1.807) is 79.1 Å². The van der Waals surface area contributed by atoms with Gasteiger partial charge in [0.2, 0.25) is 0 Å². The zero-order valence-electron chi connectivity index (χ0n) is 48.9. The van der Waals surface area contributed by atoms with Crippen LogP contribution in [0.5, 0.6) is 34.5 Å². The summed E-state index contributed by atoms with van der Waals surface area (Å²) in [4.78, 5) is 26.3. The summed E-state index contributed by atoms with van der Waals surface area (Å²) in [5.74, 6) is 3.18. The molecule has 6 aromatic carbocycles. The fourth-order valence-electron chi connectivity index (χ4n) is 12.0. The Labute approximate surface area is 547 Å². The Morgan fingerprint density at radius 1 is 0.256 bits per heavy atom. The lowest BCUT2D eigenvalue weighted by molar-refractivity contribution is 0.392. The van der Waals surface area contributed by atoms with Gasteiger partial charge in [-0.1, -0.05) is 106 Å². The van der Waals surface area contributed by atoms with Gasteiger partial charge in [-0.15, -0.1) is 0 Å². The van der Waals surface area contributed by atoms with Crippen LogP contribution < -0.4 is 49.8 Å². The first kappa shape index (κ1) is 59.7. The molecular weight excluding hydrogens is 1260 g/mol. The molecule has 0 fully saturated rings. The standard InChI is InChI=1S/C72H52Cl6N6O6/c1-85-55-19-10-20-56(86-2)70(55)67-49-31-25-43(79-49)64(61-37(73)13-7-14-38(61)74)45-27-33-51(81-45)68(71-57(87-3)21-11-22-58(71)88-4)53-35-29-47(83-53)66(63-41(77)17-9-18-42(63)78)48-30-36-54(84-48)69(72-59(89-5)23-12-24-60(72)90-6)52-34-28-46(82-52)65(44-26-32-50(67)80-44)62-39(75)15-8-16-40(62)76/h7-36,79-80,83-84H,1-6H3. The van der Waals surface area contributed by atoms with Crippen molar-refractivity contribution in [3.05, 3.63) is 301 Å². The van der Waals surface area contributed by atoms with Crippen LogP contribution in [0, 0.1) is 0 Å². The lowest BCUT2D eigenvalue weighted by atomic mass is 9.98. The molecule has 0 atom stereocenters. The highest BCUT2D eigenvalue weighted by Gasteiger charge is 2.30. The third-order valence-electron chi connectivity index (χ3n) is 15.9. The number of methoxy groups -OCH3 is 6.